The molecule has 0 aromatic heterocycles. The molecule has 0 spiro atoms. The zero-order chi connectivity index (χ0) is 17.2. The molecule has 2 aromatic rings. The quantitative estimate of drug-likeness (QED) is 0.683. The molecule has 6 heteroatoms. The summed E-state index contributed by atoms with van der Waals surface area (Å²) in [4.78, 5) is 23.7. The summed E-state index contributed by atoms with van der Waals surface area (Å²) in [6.07, 6.45) is 0. The zero-order valence-electron chi connectivity index (χ0n) is 13.5. The van der Waals surface area contributed by atoms with Gasteiger partial charge in [0.1, 0.15) is 18.4 Å². The number of amides is 3. The van der Waals surface area contributed by atoms with Gasteiger partial charge in [0.2, 0.25) is 5.91 Å². The van der Waals surface area contributed by atoms with E-state index in [4.69, 9.17) is 4.74 Å². The summed E-state index contributed by atoms with van der Waals surface area (Å²) in [6.45, 7) is 2.34. The smallest absolute Gasteiger partial charge is 0.319 e. The number of nitrogens with one attached hydrogen (secondary N) is 3. The molecule has 0 aliphatic heterocycles. The Morgan fingerprint density at radius 3 is 2.29 bits per heavy atom. The van der Waals surface area contributed by atoms with Gasteiger partial charge in [-0.1, -0.05) is 36.4 Å². The second-order valence-electron chi connectivity index (χ2n) is 5.14. The van der Waals surface area contributed by atoms with Gasteiger partial charge in [0.05, 0.1) is 6.54 Å². The number of para-hydroxylation sites is 2. The average molecular weight is 327 g/mol. The van der Waals surface area contributed by atoms with E-state index in [-0.39, 0.29) is 5.91 Å². The average Bonchev–Trinajstić information content (AvgIpc) is 2.60. The van der Waals surface area contributed by atoms with Crippen molar-refractivity contribution in [3.05, 3.63) is 60.7 Å². The minimum absolute atomic E-state index is 0.269. The van der Waals surface area contributed by atoms with Gasteiger partial charge in [0, 0.05) is 5.69 Å². The van der Waals surface area contributed by atoms with Crippen molar-refractivity contribution in [1.29, 1.82) is 0 Å². The van der Waals surface area contributed by atoms with Gasteiger partial charge in [-0.05, 0) is 31.2 Å². The van der Waals surface area contributed by atoms with Gasteiger partial charge in [0.15, 0.2) is 0 Å². The van der Waals surface area contributed by atoms with Crippen LogP contribution < -0.4 is 20.7 Å². The fourth-order valence-corrected chi connectivity index (χ4v) is 1.96. The lowest BCUT2D eigenvalue weighted by Gasteiger charge is -2.15. The molecule has 2 rings (SSSR count). The number of benzene rings is 2. The Bertz CT molecular complexity index is 647. The van der Waals surface area contributed by atoms with Gasteiger partial charge in [-0.25, -0.2) is 4.79 Å². The molecular weight excluding hydrogens is 306 g/mol. The van der Waals surface area contributed by atoms with Crippen LogP contribution in [0.1, 0.15) is 6.92 Å². The van der Waals surface area contributed by atoms with E-state index < -0.39 is 12.1 Å². The van der Waals surface area contributed by atoms with E-state index in [1.54, 1.807) is 19.1 Å². The SMILES string of the molecule is CC(NC(=O)Nc1ccccc1)C(=O)NCCOc1ccccc1. The first-order chi connectivity index (χ1) is 11.6. The van der Waals surface area contributed by atoms with Crippen molar-refractivity contribution in [2.45, 2.75) is 13.0 Å². The molecule has 24 heavy (non-hydrogen) atoms. The van der Waals surface area contributed by atoms with Crippen molar-refractivity contribution in [3.8, 4) is 5.75 Å². The molecule has 0 bridgehead atoms. The predicted octanol–water partition coefficient (Wildman–Crippen LogP) is 2.39. The maximum atomic E-state index is 11.9. The molecule has 6 nitrogen and oxygen atoms in total. The summed E-state index contributed by atoms with van der Waals surface area (Å²) in [5, 5.41) is 7.96. The topological polar surface area (TPSA) is 79.5 Å². The van der Waals surface area contributed by atoms with Gasteiger partial charge in [0.25, 0.3) is 0 Å². The lowest BCUT2D eigenvalue weighted by Crippen LogP contribution is -2.47. The molecule has 1 unspecified atom stereocenters. The molecule has 0 aliphatic carbocycles. The van der Waals surface area contributed by atoms with Gasteiger partial charge < -0.3 is 20.7 Å². The minimum atomic E-state index is -0.648. The van der Waals surface area contributed by atoms with Crippen LogP contribution in [-0.4, -0.2) is 31.1 Å². The monoisotopic (exact) mass is 327 g/mol. The van der Waals surface area contributed by atoms with Crippen molar-refractivity contribution in [2.75, 3.05) is 18.5 Å². The molecule has 0 heterocycles. The Hall–Kier alpha value is -3.02. The van der Waals surface area contributed by atoms with Crippen LogP contribution in [0.4, 0.5) is 10.5 Å². The number of urea groups is 1. The van der Waals surface area contributed by atoms with E-state index in [9.17, 15) is 9.59 Å². The summed E-state index contributed by atoms with van der Waals surface area (Å²) in [5.41, 5.74) is 0.666. The number of ether oxygens (including phenoxy) is 1. The Morgan fingerprint density at radius 2 is 1.62 bits per heavy atom. The van der Waals surface area contributed by atoms with Crippen molar-refractivity contribution in [2.24, 2.45) is 0 Å². The molecular formula is C18H21N3O3. The highest BCUT2D eigenvalue weighted by Crippen LogP contribution is 2.07. The molecule has 126 valence electrons. The molecule has 2 aromatic carbocycles. The van der Waals surface area contributed by atoms with Crippen molar-refractivity contribution < 1.29 is 14.3 Å². The Kier molecular flexibility index (Phi) is 6.64. The first kappa shape index (κ1) is 17.3. The van der Waals surface area contributed by atoms with E-state index >= 15 is 0 Å². The highest BCUT2D eigenvalue weighted by atomic mass is 16.5. The zero-order valence-corrected chi connectivity index (χ0v) is 13.5. The van der Waals surface area contributed by atoms with Crippen molar-refractivity contribution in [1.82, 2.24) is 10.6 Å². The molecule has 3 N–H and O–H groups in total. The molecule has 0 saturated carbocycles. The normalized spacial score (nSPS) is 11.2. The van der Waals surface area contributed by atoms with Crippen LogP contribution >= 0.6 is 0 Å². The first-order valence-corrected chi connectivity index (χ1v) is 7.73. The van der Waals surface area contributed by atoms with Crippen LogP contribution in [0.25, 0.3) is 0 Å². The third-order valence-electron chi connectivity index (χ3n) is 3.19. The first-order valence-electron chi connectivity index (χ1n) is 7.73. The van der Waals surface area contributed by atoms with Crippen LogP contribution in [0, 0.1) is 0 Å². The largest absolute Gasteiger partial charge is 0.492 e. The molecule has 0 aliphatic rings. The highest BCUT2D eigenvalue weighted by molar-refractivity contribution is 5.93. The standard InChI is InChI=1S/C18H21N3O3/c1-14(20-18(23)21-15-8-4-2-5-9-15)17(22)19-12-13-24-16-10-6-3-7-11-16/h2-11,14H,12-13H2,1H3,(H,19,22)(H2,20,21,23). The summed E-state index contributed by atoms with van der Waals surface area (Å²) in [7, 11) is 0. The van der Waals surface area contributed by atoms with Crippen molar-refractivity contribution in [3.63, 3.8) is 0 Å². The van der Waals surface area contributed by atoms with E-state index in [1.165, 1.54) is 0 Å². The predicted molar refractivity (Wildman–Crippen MR) is 93.0 cm³/mol. The molecule has 1 atom stereocenters. The Morgan fingerprint density at radius 1 is 1.00 bits per heavy atom. The fourth-order valence-electron chi connectivity index (χ4n) is 1.96. The van der Waals surface area contributed by atoms with Crippen LogP contribution in [0.15, 0.2) is 60.7 Å². The summed E-state index contributed by atoms with van der Waals surface area (Å²) < 4.78 is 5.48. The lowest BCUT2D eigenvalue weighted by atomic mass is 10.3. The van der Waals surface area contributed by atoms with Crippen LogP contribution in [-0.2, 0) is 4.79 Å². The van der Waals surface area contributed by atoms with E-state index in [1.807, 2.05) is 48.5 Å². The number of carbonyl (C=O) groups excluding carboxylic acids is 2. The summed E-state index contributed by atoms with van der Waals surface area (Å²) in [6, 6.07) is 17.3. The third kappa shape index (κ3) is 6.00. The van der Waals surface area contributed by atoms with Gasteiger partial charge >= 0.3 is 6.03 Å². The fraction of sp³-hybridized carbons (Fsp3) is 0.222. The van der Waals surface area contributed by atoms with Crippen LogP contribution in [0.2, 0.25) is 0 Å². The molecule has 3 amide bonds. The number of carbonyl (C=O) groups is 2. The molecule has 0 fully saturated rings. The van der Waals surface area contributed by atoms with Gasteiger partial charge in [-0.3, -0.25) is 4.79 Å². The Balaban J connectivity index is 1.65. The number of hydrogen-bond donors (Lipinski definition) is 3. The second kappa shape index (κ2) is 9.19. The van der Waals surface area contributed by atoms with Crippen molar-refractivity contribution >= 4 is 17.6 Å². The number of rotatable bonds is 7. The van der Waals surface area contributed by atoms with Gasteiger partial charge in [-0.15, -0.1) is 0 Å². The van der Waals surface area contributed by atoms with Crippen LogP contribution in [0.5, 0.6) is 5.75 Å². The molecule has 0 radical (unpaired) electrons. The maximum Gasteiger partial charge on any atom is 0.319 e. The summed E-state index contributed by atoms with van der Waals surface area (Å²) in [5.74, 6) is 0.482. The minimum Gasteiger partial charge on any atom is -0.492 e. The molecule has 0 saturated heterocycles. The number of anilines is 1. The second-order valence-corrected chi connectivity index (χ2v) is 5.14. The number of hydrogen-bond acceptors (Lipinski definition) is 3. The van der Waals surface area contributed by atoms with E-state index in [2.05, 4.69) is 16.0 Å². The highest BCUT2D eigenvalue weighted by Gasteiger charge is 2.14. The maximum absolute atomic E-state index is 11.9. The summed E-state index contributed by atoms with van der Waals surface area (Å²) >= 11 is 0. The lowest BCUT2D eigenvalue weighted by molar-refractivity contribution is -0.122. The van der Waals surface area contributed by atoms with Gasteiger partial charge in [-0.2, -0.15) is 0 Å². The Labute approximate surface area is 141 Å². The van der Waals surface area contributed by atoms with E-state index in [0.29, 0.717) is 18.8 Å². The van der Waals surface area contributed by atoms with E-state index in [0.717, 1.165) is 5.75 Å². The van der Waals surface area contributed by atoms with Crippen LogP contribution in [0.3, 0.4) is 0 Å². The third-order valence-corrected chi connectivity index (χ3v) is 3.19.